The Bertz CT molecular complexity index is 721. The van der Waals surface area contributed by atoms with Crippen molar-refractivity contribution in [1.29, 1.82) is 0 Å². The minimum Gasteiger partial charge on any atom is -0.507 e. The molecule has 1 aliphatic carbocycles. The molecule has 1 saturated carbocycles. The fourth-order valence-electron chi connectivity index (χ4n) is 1.89. The number of carbonyl (C=O) groups excluding carboxylic acids is 1. The quantitative estimate of drug-likeness (QED) is 0.672. The number of carboxylic acid groups (broad SMARTS) is 1. The predicted octanol–water partition coefficient (Wildman–Crippen LogP) is 1.34. The van der Waals surface area contributed by atoms with Crippen LogP contribution in [-0.2, 0) is 0 Å². The molecule has 0 unspecified atom stereocenters. The largest absolute Gasteiger partial charge is 0.507 e. The zero-order valence-electron chi connectivity index (χ0n) is 10.8. The zero-order chi connectivity index (χ0) is 15.0. The summed E-state index contributed by atoms with van der Waals surface area (Å²) in [7, 11) is 0. The number of benzene rings is 1. The summed E-state index contributed by atoms with van der Waals surface area (Å²) in [5.41, 5.74) is 0.0298. The van der Waals surface area contributed by atoms with Crippen molar-refractivity contribution >= 4 is 17.6 Å². The van der Waals surface area contributed by atoms with Crippen LogP contribution < -0.4 is 5.32 Å². The number of hydrogen-bond acceptors (Lipinski definition) is 5. The molecule has 1 aromatic heterocycles. The lowest BCUT2D eigenvalue weighted by Crippen LogP contribution is -2.14. The Morgan fingerprint density at radius 1 is 1.33 bits per heavy atom. The highest BCUT2D eigenvalue weighted by Gasteiger charge is 2.28. The van der Waals surface area contributed by atoms with E-state index in [4.69, 9.17) is 5.11 Å². The summed E-state index contributed by atoms with van der Waals surface area (Å²) >= 11 is 0. The van der Waals surface area contributed by atoms with Gasteiger partial charge in [0.25, 0.3) is 5.91 Å². The summed E-state index contributed by atoms with van der Waals surface area (Å²) < 4.78 is 0. The molecule has 0 spiro atoms. The van der Waals surface area contributed by atoms with Crippen molar-refractivity contribution < 1.29 is 19.8 Å². The molecule has 1 amide bonds. The van der Waals surface area contributed by atoms with Gasteiger partial charge in [0.2, 0.25) is 5.82 Å². The van der Waals surface area contributed by atoms with Gasteiger partial charge in [0, 0.05) is 17.7 Å². The summed E-state index contributed by atoms with van der Waals surface area (Å²) in [4.78, 5) is 26.8. The molecule has 21 heavy (non-hydrogen) atoms. The van der Waals surface area contributed by atoms with E-state index in [-0.39, 0.29) is 17.1 Å². The number of aromatic hydroxyl groups is 1. The number of amides is 1. The van der Waals surface area contributed by atoms with Gasteiger partial charge in [0.05, 0.1) is 0 Å². The molecule has 108 valence electrons. The molecule has 0 aliphatic heterocycles. The third kappa shape index (κ3) is 2.69. The molecule has 1 aromatic carbocycles. The van der Waals surface area contributed by atoms with Gasteiger partial charge < -0.3 is 15.5 Å². The van der Waals surface area contributed by atoms with E-state index < -0.39 is 17.6 Å². The summed E-state index contributed by atoms with van der Waals surface area (Å²) in [6.07, 6.45) is 2.08. The lowest BCUT2D eigenvalue weighted by atomic mass is 10.2. The number of hydrogen-bond donors (Lipinski definition) is 4. The number of carboxylic acids is 1. The Labute approximate surface area is 118 Å². The lowest BCUT2D eigenvalue weighted by molar-refractivity contribution is 0.0693. The van der Waals surface area contributed by atoms with E-state index in [1.54, 1.807) is 0 Å². The first-order valence-corrected chi connectivity index (χ1v) is 6.34. The van der Waals surface area contributed by atoms with Crippen LogP contribution in [0.2, 0.25) is 0 Å². The minimum absolute atomic E-state index is 0.0127. The molecule has 0 saturated heterocycles. The number of H-pyrrole nitrogens is 1. The van der Waals surface area contributed by atoms with Gasteiger partial charge in [0.15, 0.2) is 0 Å². The molecule has 8 heteroatoms. The lowest BCUT2D eigenvalue weighted by Gasteiger charge is -2.05. The molecule has 1 heterocycles. The van der Waals surface area contributed by atoms with Crippen LogP contribution in [0.1, 0.15) is 45.6 Å². The van der Waals surface area contributed by atoms with E-state index in [1.165, 1.54) is 12.1 Å². The second-order valence-electron chi connectivity index (χ2n) is 4.81. The number of aromatic amines is 1. The molecule has 1 aliphatic rings. The number of anilines is 1. The van der Waals surface area contributed by atoms with Gasteiger partial charge >= 0.3 is 5.97 Å². The number of nitrogens with zero attached hydrogens (tertiary/aromatic N) is 2. The highest BCUT2D eigenvalue weighted by molar-refractivity contribution is 6.02. The average Bonchev–Trinajstić information content (AvgIpc) is 3.16. The number of carbonyl (C=O) groups is 2. The molecule has 0 atom stereocenters. The van der Waals surface area contributed by atoms with Gasteiger partial charge in [-0.15, -0.1) is 5.10 Å². The van der Waals surface area contributed by atoms with Crippen LogP contribution in [0.5, 0.6) is 5.75 Å². The number of nitrogens with one attached hydrogen (secondary N) is 2. The Morgan fingerprint density at radius 3 is 2.71 bits per heavy atom. The monoisotopic (exact) mass is 288 g/mol. The number of aromatic nitrogens is 3. The van der Waals surface area contributed by atoms with Crippen molar-refractivity contribution in [1.82, 2.24) is 15.2 Å². The van der Waals surface area contributed by atoms with Crippen LogP contribution in [0, 0.1) is 0 Å². The maximum Gasteiger partial charge on any atom is 0.339 e. The average molecular weight is 288 g/mol. The summed E-state index contributed by atoms with van der Waals surface area (Å²) in [5, 5.41) is 27.4. The third-order valence-corrected chi connectivity index (χ3v) is 3.16. The predicted molar refractivity (Wildman–Crippen MR) is 71.4 cm³/mol. The third-order valence-electron chi connectivity index (χ3n) is 3.16. The number of rotatable bonds is 4. The molecule has 2 aromatic rings. The van der Waals surface area contributed by atoms with Crippen LogP contribution in [0.25, 0.3) is 0 Å². The smallest absolute Gasteiger partial charge is 0.339 e. The van der Waals surface area contributed by atoms with Crippen LogP contribution in [-0.4, -0.2) is 37.3 Å². The first-order chi connectivity index (χ1) is 10.0. The topological polar surface area (TPSA) is 128 Å². The Hall–Kier alpha value is -2.90. The second kappa shape index (κ2) is 4.89. The summed E-state index contributed by atoms with van der Waals surface area (Å²) in [6.45, 7) is 0. The molecule has 3 rings (SSSR count). The number of aromatic carboxylic acids is 1. The van der Waals surface area contributed by atoms with E-state index in [2.05, 4.69) is 20.5 Å². The van der Waals surface area contributed by atoms with Crippen LogP contribution in [0.15, 0.2) is 18.2 Å². The van der Waals surface area contributed by atoms with E-state index in [0.29, 0.717) is 11.7 Å². The normalized spacial score (nSPS) is 13.9. The van der Waals surface area contributed by atoms with Gasteiger partial charge in [-0.25, -0.2) is 9.78 Å². The standard InChI is InChI=1S/C13H12N4O4/c18-9-5-7(3-4-8(9)13(20)21)14-12(19)11-15-10(16-17-11)6-1-2-6/h3-6,18H,1-2H2,(H,14,19)(H,20,21)(H,15,16,17). The SMILES string of the molecule is O=C(Nc1ccc(C(=O)O)c(O)c1)c1n[nH]c(C2CC2)n1. The first-order valence-electron chi connectivity index (χ1n) is 6.34. The molecule has 1 fully saturated rings. The Morgan fingerprint density at radius 2 is 2.10 bits per heavy atom. The van der Waals surface area contributed by atoms with Crippen molar-refractivity contribution in [2.75, 3.05) is 5.32 Å². The summed E-state index contributed by atoms with van der Waals surface area (Å²) in [6, 6.07) is 3.76. The minimum atomic E-state index is -1.24. The fourth-order valence-corrected chi connectivity index (χ4v) is 1.89. The van der Waals surface area contributed by atoms with Crippen LogP contribution >= 0.6 is 0 Å². The molecular weight excluding hydrogens is 276 g/mol. The number of phenols is 1. The van der Waals surface area contributed by atoms with E-state index in [0.717, 1.165) is 18.9 Å². The highest BCUT2D eigenvalue weighted by atomic mass is 16.4. The molecule has 8 nitrogen and oxygen atoms in total. The van der Waals surface area contributed by atoms with Gasteiger partial charge in [-0.2, -0.15) is 0 Å². The van der Waals surface area contributed by atoms with E-state index >= 15 is 0 Å². The van der Waals surface area contributed by atoms with E-state index in [9.17, 15) is 14.7 Å². The van der Waals surface area contributed by atoms with Crippen molar-refractivity contribution in [2.24, 2.45) is 0 Å². The van der Waals surface area contributed by atoms with Crippen LogP contribution in [0.3, 0.4) is 0 Å². The highest BCUT2D eigenvalue weighted by Crippen LogP contribution is 2.37. The Balaban J connectivity index is 1.74. The van der Waals surface area contributed by atoms with Gasteiger partial charge in [0.1, 0.15) is 17.1 Å². The maximum atomic E-state index is 11.9. The molecule has 0 bridgehead atoms. The van der Waals surface area contributed by atoms with Crippen molar-refractivity contribution in [3.05, 3.63) is 35.4 Å². The molecule has 4 N–H and O–H groups in total. The first kappa shape index (κ1) is 13.1. The maximum absolute atomic E-state index is 11.9. The van der Waals surface area contributed by atoms with Crippen molar-refractivity contribution in [3.8, 4) is 5.75 Å². The van der Waals surface area contributed by atoms with Gasteiger partial charge in [-0.05, 0) is 25.0 Å². The van der Waals surface area contributed by atoms with Crippen LogP contribution in [0.4, 0.5) is 5.69 Å². The fraction of sp³-hybridized carbons (Fsp3) is 0.231. The Kier molecular flexibility index (Phi) is 3.05. The van der Waals surface area contributed by atoms with E-state index in [1.807, 2.05) is 0 Å². The second-order valence-corrected chi connectivity index (χ2v) is 4.81. The van der Waals surface area contributed by atoms with Crippen molar-refractivity contribution in [3.63, 3.8) is 0 Å². The van der Waals surface area contributed by atoms with Gasteiger partial charge in [-0.1, -0.05) is 0 Å². The summed E-state index contributed by atoms with van der Waals surface area (Å²) in [5.74, 6) is -1.12. The van der Waals surface area contributed by atoms with Gasteiger partial charge in [-0.3, -0.25) is 9.89 Å². The zero-order valence-corrected chi connectivity index (χ0v) is 10.8. The van der Waals surface area contributed by atoms with Crippen molar-refractivity contribution in [2.45, 2.75) is 18.8 Å². The molecule has 0 radical (unpaired) electrons. The molecular formula is C13H12N4O4.